The van der Waals surface area contributed by atoms with Crippen molar-refractivity contribution in [3.63, 3.8) is 0 Å². The summed E-state index contributed by atoms with van der Waals surface area (Å²) in [5.74, 6) is 2.80. The molecule has 0 spiro atoms. The highest BCUT2D eigenvalue weighted by Gasteiger charge is 2.61. The lowest BCUT2D eigenvalue weighted by Crippen LogP contribution is -2.56. The Balaban J connectivity index is 1.59. The topological polar surface area (TPSA) is 38.7 Å². The molecule has 24 heavy (non-hydrogen) atoms. The largest absolute Gasteiger partial charge is 0.393 e. The fourth-order valence-electron chi connectivity index (χ4n) is 7.62. The third-order valence-corrected chi connectivity index (χ3v) is 9.36. The lowest BCUT2D eigenvalue weighted by atomic mass is 9.45. The Morgan fingerprint density at radius 2 is 1.50 bits per heavy atom. The van der Waals surface area contributed by atoms with Crippen LogP contribution in [-0.2, 0) is 9.47 Å². The van der Waals surface area contributed by atoms with Crippen molar-refractivity contribution in [2.24, 2.45) is 34.5 Å². The van der Waals surface area contributed by atoms with Crippen LogP contribution < -0.4 is 0 Å². The SMILES string of the molecule is COC1(OC)CC[C@@]2(C)[C@@H](CC[C@H]3[C@H]4CC[C@H](O)[C@@]4(C)CC[C@@H]32)C1. The first kappa shape index (κ1) is 17.3. The molecule has 0 heterocycles. The minimum absolute atomic E-state index is 0.0602. The minimum atomic E-state index is -0.344. The number of hydrogen-bond acceptors (Lipinski definition) is 3. The van der Waals surface area contributed by atoms with Crippen molar-refractivity contribution in [2.75, 3.05) is 14.2 Å². The van der Waals surface area contributed by atoms with Gasteiger partial charge in [0, 0.05) is 27.1 Å². The molecule has 0 unspecified atom stereocenters. The Hall–Kier alpha value is -0.120. The summed E-state index contributed by atoms with van der Waals surface area (Å²) in [5, 5.41) is 10.6. The van der Waals surface area contributed by atoms with Crippen LogP contribution in [0.2, 0.25) is 0 Å². The van der Waals surface area contributed by atoms with E-state index in [4.69, 9.17) is 9.47 Å². The first-order chi connectivity index (χ1) is 11.4. The normalized spacial score (nSPS) is 53.1. The van der Waals surface area contributed by atoms with Gasteiger partial charge in [-0.3, -0.25) is 0 Å². The fraction of sp³-hybridized carbons (Fsp3) is 1.00. The predicted octanol–water partition coefficient (Wildman–Crippen LogP) is 4.38. The van der Waals surface area contributed by atoms with E-state index in [0.29, 0.717) is 5.41 Å². The first-order valence-electron chi connectivity index (χ1n) is 10.2. The molecule has 0 aromatic carbocycles. The number of fused-ring (bicyclic) bond motifs is 5. The molecule has 0 aromatic rings. The molecule has 1 N–H and O–H groups in total. The number of methoxy groups -OCH3 is 2. The van der Waals surface area contributed by atoms with Crippen LogP contribution >= 0.6 is 0 Å². The van der Waals surface area contributed by atoms with E-state index in [1.807, 2.05) is 14.2 Å². The maximum absolute atomic E-state index is 10.6. The Labute approximate surface area is 147 Å². The van der Waals surface area contributed by atoms with E-state index in [9.17, 15) is 5.11 Å². The summed E-state index contributed by atoms with van der Waals surface area (Å²) >= 11 is 0. The summed E-state index contributed by atoms with van der Waals surface area (Å²) in [7, 11) is 3.62. The van der Waals surface area contributed by atoms with Gasteiger partial charge < -0.3 is 14.6 Å². The molecule has 3 heteroatoms. The third kappa shape index (κ3) is 2.20. The van der Waals surface area contributed by atoms with Crippen LogP contribution in [0, 0.1) is 34.5 Å². The van der Waals surface area contributed by atoms with Crippen LogP contribution in [0.15, 0.2) is 0 Å². The summed E-state index contributed by atoms with van der Waals surface area (Å²) in [6.45, 7) is 4.94. The van der Waals surface area contributed by atoms with E-state index >= 15 is 0 Å². The molecular weight excluding hydrogens is 300 g/mol. The second kappa shape index (κ2) is 5.69. The summed E-state index contributed by atoms with van der Waals surface area (Å²) < 4.78 is 11.6. The van der Waals surface area contributed by atoms with Crippen molar-refractivity contribution in [1.29, 1.82) is 0 Å². The lowest BCUT2D eigenvalue weighted by molar-refractivity contribution is -0.261. The Morgan fingerprint density at radius 3 is 2.21 bits per heavy atom. The monoisotopic (exact) mass is 336 g/mol. The van der Waals surface area contributed by atoms with Crippen molar-refractivity contribution in [2.45, 2.75) is 83.5 Å². The molecule has 0 radical (unpaired) electrons. The van der Waals surface area contributed by atoms with Gasteiger partial charge in [0.05, 0.1) is 6.10 Å². The smallest absolute Gasteiger partial charge is 0.167 e. The highest BCUT2D eigenvalue weighted by Crippen LogP contribution is 2.67. The highest BCUT2D eigenvalue weighted by molar-refractivity contribution is 5.10. The molecule has 0 aromatic heterocycles. The fourth-order valence-corrected chi connectivity index (χ4v) is 7.62. The zero-order chi connectivity index (χ0) is 17.2. The Bertz CT molecular complexity index is 487. The number of aliphatic hydroxyl groups is 1. The number of aliphatic hydroxyl groups excluding tert-OH is 1. The lowest BCUT2D eigenvalue weighted by Gasteiger charge is -2.61. The van der Waals surface area contributed by atoms with Gasteiger partial charge in [-0.25, -0.2) is 0 Å². The molecule has 4 aliphatic carbocycles. The molecule has 7 atom stereocenters. The third-order valence-electron chi connectivity index (χ3n) is 9.36. The summed E-state index contributed by atoms with van der Waals surface area (Å²) in [6.07, 6.45) is 10.7. The molecule has 0 saturated heterocycles. The van der Waals surface area contributed by atoms with Crippen molar-refractivity contribution >= 4 is 0 Å². The van der Waals surface area contributed by atoms with Crippen LogP contribution in [0.5, 0.6) is 0 Å². The minimum Gasteiger partial charge on any atom is -0.393 e. The zero-order valence-electron chi connectivity index (χ0n) is 16.0. The number of ether oxygens (including phenoxy) is 2. The standard InChI is InChI=1S/C21H36O3/c1-19-11-12-21(23-3,24-4)13-14(19)5-6-15-16-7-8-18(22)20(16,2)10-9-17(15)19/h14-18,22H,5-13H2,1-4H3/t14-,15-,16+,17-,18-,19-,20-/m0/s1. The van der Waals surface area contributed by atoms with E-state index in [1.54, 1.807) is 0 Å². The van der Waals surface area contributed by atoms with Gasteiger partial charge in [-0.05, 0) is 79.4 Å². The number of rotatable bonds is 2. The van der Waals surface area contributed by atoms with E-state index < -0.39 is 0 Å². The van der Waals surface area contributed by atoms with Crippen LogP contribution in [0.25, 0.3) is 0 Å². The molecule has 4 saturated carbocycles. The van der Waals surface area contributed by atoms with Crippen LogP contribution in [0.1, 0.15) is 71.6 Å². The molecule has 4 rings (SSSR count). The van der Waals surface area contributed by atoms with E-state index in [-0.39, 0.29) is 17.3 Å². The first-order valence-corrected chi connectivity index (χ1v) is 10.2. The van der Waals surface area contributed by atoms with Gasteiger partial charge >= 0.3 is 0 Å². The van der Waals surface area contributed by atoms with Crippen molar-refractivity contribution in [1.82, 2.24) is 0 Å². The average molecular weight is 337 g/mol. The molecule has 138 valence electrons. The quantitative estimate of drug-likeness (QED) is 0.761. The molecule has 0 aliphatic heterocycles. The van der Waals surface area contributed by atoms with Gasteiger partial charge in [0.2, 0.25) is 0 Å². The molecule has 0 bridgehead atoms. The van der Waals surface area contributed by atoms with E-state index in [2.05, 4.69) is 13.8 Å². The van der Waals surface area contributed by atoms with Crippen molar-refractivity contribution < 1.29 is 14.6 Å². The maximum atomic E-state index is 10.6. The summed E-state index contributed by atoms with van der Waals surface area (Å²) in [5.41, 5.74) is 0.639. The maximum Gasteiger partial charge on any atom is 0.167 e. The Morgan fingerprint density at radius 1 is 0.792 bits per heavy atom. The van der Waals surface area contributed by atoms with Crippen molar-refractivity contribution in [3.05, 3.63) is 0 Å². The van der Waals surface area contributed by atoms with Crippen molar-refractivity contribution in [3.8, 4) is 0 Å². The van der Waals surface area contributed by atoms with Gasteiger partial charge in [0.15, 0.2) is 5.79 Å². The predicted molar refractivity (Wildman–Crippen MR) is 94.5 cm³/mol. The molecule has 3 nitrogen and oxygen atoms in total. The summed E-state index contributed by atoms with van der Waals surface area (Å²) in [6, 6.07) is 0. The van der Waals surface area contributed by atoms with Gasteiger partial charge in [-0.2, -0.15) is 0 Å². The van der Waals surface area contributed by atoms with E-state index in [1.165, 1.54) is 38.5 Å². The zero-order valence-corrected chi connectivity index (χ0v) is 16.0. The van der Waals surface area contributed by atoms with Gasteiger partial charge in [0.25, 0.3) is 0 Å². The van der Waals surface area contributed by atoms with Crippen LogP contribution in [0.3, 0.4) is 0 Å². The van der Waals surface area contributed by atoms with E-state index in [0.717, 1.165) is 42.9 Å². The molecule has 0 amide bonds. The second-order valence-corrected chi connectivity index (χ2v) is 9.82. The Kier molecular flexibility index (Phi) is 4.10. The number of hydrogen-bond donors (Lipinski definition) is 1. The molecule has 4 aliphatic rings. The van der Waals surface area contributed by atoms with Gasteiger partial charge in [-0.15, -0.1) is 0 Å². The highest BCUT2D eigenvalue weighted by atomic mass is 16.7. The molecule has 4 fully saturated rings. The van der Waals surface area contributed by atoms with Crippen LogP contribution in [0.4, 0.5) is 0 Å². The summed E-state index contributed by atoms with van der Waals surface area (Å²) in [4.78, 5) is 0. The van der Waals surface area contributed by atoms with Crippen LogP contribution in [-0.4, -0.2) is 31.2 Å². The second-order valence-electron chi connectivity index (χ2n) is 9.82. The van der Waals surface area contributed by atoms with Gasteiger partial charge in [0.1, 0.15) is 0 Å². The molecular formula is C21H36O3. The van der Waals surface area contributed by atoms with Gasteiger partial charge in [-0.1, -0.05) is 13.8 Å². The average Bonchev–Trinajstić information content (AvgIpc) is 2.90.